The van der Waals surface area contributed by atoms with Crippen LogP contribution in [0.25, 0.3) is 0 Å². The Balaban J connectivity index is 2.21. The molecular formula is C11H13N3OS. The molecule has 84 valence electrons. The molecule has 0 fully saturated rings. The fourth-order valence-electron chi connectivity index (χ4n) is 1.37. The lowest BCUT2D eigenvalue weighted by molar-refractivity contribution is 0.429. The molecule has 0 radical (unpaired) electrons. The highest BCUT2D eigenvalue weighted by Crippen LogP contribution is 2.29. The summed E-state index contributed by atoms with van der Waals surface area (Å²) in [4.78, 5) is 1.11. The number of benzene rings is 1. The molecule has 0 aliphatic carbocycles. The summed E-state index contributed by atoms with van der Waals surface area (Å²) in [5, 5.41) is 8.31. The normalized spacial score (nSPS) is 10.7. The minimum atomic E-state index is 0.561. The Morgan fingerprint density at radius 2 is 2.12 bits per heavy atom. The van der Waals surface area contributed by atoms with Crippen LogP contribution in [-0.2, 0) is 6.54 Å². The highest BCUT2D eigenvalue weighted by Gasteiger charge is 2.07. The minimum Gasteiger partial charge on any atom is -0.416 e. The molecule has 2 aromatic rings. The standard InChI is InChI=1S/C11H13N3OS/c1-7-5-9(6-12)3-4-10(7)16-11-14-13-8(2)15-11/h3-5H,6,12H2,1-2H3. The molecule has 0 unspecified atom stereocenters. The van der Waals surface area contributed by atoms with Gasteiger partial charge in [-0.25, -0.2) is 0 Å². The molecule has 0 bridgehead atoms. The van der Waals surface area contributed by atoms with E-state index in [1.807, 2.05) is 19.1 Å². The SMILES string of the molecule is Cc1nnc(Sc2ccc(CN)cc2C)o1. The lowest BCUT2D eigenvalue weighted by atomic mass is 10.1. The van der Waals surface area contributed by atoms with Crippen molar-refractivity contribution in [2.45, 2.75) is 30.5 Å². The molecule has 4 nitrogen and oxygen atoms in total. The Morgan fingerprint density at radius 3 is 2.69 bits per heavy atom. The van der Waals surface area contributed by atoms with Crippen LogP contribution < -0.4 is 5.73 Å². The molecule has 0 atom stereocenters. The summed E-state index contributed by atoms with van der Waals surface area (Å²) >= 11 is 1.47. The van der Waals surface area contributed by atoms with Crippen LogP contribution in [0, 0.1) is 13.8 Å². The summed E-state index contributed by atoms with van der Waals surface area (Å²) in [5.74, 6) is 0.582. The molecule has 1 aromatic heterocycles. The Hall–Kier alpha value is -1.33. The summed E-state index contributed by atoms with van der Waals surface area (Å²) in [6.07, 6.45) is 0. The highest BCUT2D eigenvalue weighted by molar-refractivity contribution is 7.99. The second kappa shape index (κ2) is 4.67. The van der Waals surface area contributed by atoms with E-state index in [0.29, 0.717) is 17.7 Å². The van der Waals surface area contributed by atoms with Crippen LogP contribution in [0.1, 0.15) is 17.0 Å². The quantitative estimate of drug-likeness (QED) is 0.884. The van der Waals surface area contributed by atoms with Crippen LogP contribution in [0.5, 0.6) is 0 Å². The van der Waals surface area contributed by atoms with Crippen LogP contribution in [0.4, 0.5) is 0 Å². The highest BCUT2D eigenvalue weighted by atomic mass is 32.2. The van der Waals surface area contributed by atoms with E-state index in [-0.39, 0.29) is 0 Å². The number of nitrogens with two attached hydrogens (primary N) is 1. The van der Waals surface area contributed by atoms with Crippen molar-refractivity contribution in [3.8, 4) is 0 Å². The van der Waals surface area contributed by atoms with Gasteiger partial charge in [-0.15, -0.1) is 10.2 Å². The smallest absolute Gasteiger partial charge is 0.281 e. The second-order valence-corrected chi connectivity index (χ2v) is 4.49. The first-order valence-corrected chi connectivity index (χ1v) is 5.78. The van der Waals surface area contributed by atoms with Crippen molar-refractivity contribution in [2.24, 2.45) is 5.73 Å². The molecule has 16 heavy (non-hydrogen) atoms. The van der Waals surface area contributed by atoms with Crippen LogP contribution in [0.15, 0.2) is 32.7 Å². The molecule has 0 aliphatic rings. The van der Waals surface area contributed by atoms with Gasteiger partial charge in [0, 0.05) is 18.4 Å². The van der Waals surface area contributed by atoms with Crippen molar-refractivity contribution in [1.82, 2.24) is 10.2 Å². The van der Waals surface area contributed by atoms with Gasteiger partial charge < -0.3 is 10.2 Å². The van der Waals surface area contributed by atoms with E-state index >= 15 is 0 Å². The predicted octanol–water partition coefficient (Wildman–Crippen LogP) is 2.30. The van der Waals surface area contributed by atoms with Crippen molar-refractivity contribution < 1.29 is 4.42 Å². The number of rotatable bonds is 3. The Morgan fingerprint density at radius 1 is 1.31 bits per heavy atom. The number of hydrogen-bond donors (Lipinski definition) is 1. The van der Waals surface area contributed by atoms with Gasteiger partial charge in [0.2, 0.25) is 5.89 Å². The van der Waals surface area contributed by atoms with Gasteiger partial charge in [-0.1, -0.05) is 12.1 Å². The largest absolute Gasteiger partial charge is 0.416 e. The lowest BCUT2D eigenvalue weighted by Crippen LogP contribution is -1.96. The van der Waals surface area contributed by atoms with E-state index in [4.69, 9.17) is 10.2 Å². The van der Waals surface area contributed by atoms with E-state index < -0.39 is 0 Å². The van der Waals surface area contributed by atoms with E-state index in [0.717, 1.165) is 10.5 Å². The average molecular weight is 235 g/mol. The van der Waals surface area contributed by atoms with Gasteiger partial charge in [-0.2, -0.15) is 0 Å². The van der Waals surface area contributed by atoms with Crippen LogP contribution in [-0.4, -0.2) is 10.2 Å². The zero-order chi connectivity index (χ0) is 11.5. The monoisotopic (exact) mass is 235 g/mol. The van der Waals surface area contributed by atoms with Crippen molar-refractivity contribution in [1.29, 1.82) is 0 Å². The van der Waals surface area contributed by atoms with Gasteiger partial charge in [0.25, 0.3) is 5.22 Å². The molecule has 1 aromatic carbocycles. The van der Waals surface area contributed by atoms with Gasteiger partial charge in [0.05, 0.1) is 0 Å². The summed E-state index contributed by atoms with van der Waals surface area (Å²) in [5.41, 5.74) is 7.88. The molecule has 0 saturated heterocycles. The fourth-order valence-corrected chi connectivity index (χ4v) is 2.15. The summed E-state index contributed by atoms with van der Waals surface area (Å²) in [6, 6.07) is 6.12. The zero-order valence-corrected chi connectivity index (χ0v) is 10.0. The summed E-state index contributed by atoms with van der Waals surface area (Å²) in [7, 11) is 0. The van der Waals surface area contributed by atoms with Gasteiger partial charge >= 0.3 is 0 Å². The van der Waals surface area contributed by atoms with Crippen LogP contribution >= 0.6 is 11.8 Å². The topological polar surface area (TPSA) is 64.9 Å². The molecule has 5 heteroatoms. The average Bonchev–Trinajstić information content (AvgIpc) is 2.67. The maximum absolute atomic E-state index is 5.58. The molecule has 0 spiro atoms. The van der Waals surface area contributed by atoms with E-state index in [1.165, 1.54) is 17.3 Å². The number of nitrogens with zero attached hydrogens (tertiary/aromatic N) is 2. The van der Waals surface area contributed by atoms with Crippen molar-refractivity contribution in [3.63, 3.8) is 0 Å². The Bertz CT molecular complexity index is 496. The van der Waals surface area contributed by atoms with Crippen molar-refractivity contribution in [3.05, 3.63) is 35.2 Å². The van der Waals surface area contributed by atoms with E-state index in [1.54, 1.807) is 6.92 Å². The van der Waals surface area contributed by atoms with E-state index in [9.17, 15) is 0 Å². The summed E-state index contributed by atoms with van der Waals surface area (Å²) < 4.78 is 5.32. The molecule has 1 heterocycles. The first-order valence-electron chi connectivity index (χ1n) is 4.96. The number of hydrogen-bond acceptors (Lipinski definition) is 5. The summed E-state index contributed by atoms with van der Waals surface area (Å²) in [6.45, 7) is 4.39. The first kappa shape index (κ1) is 11.2. The lowest BCUT2D eigenvalue weighted by Gasteiger charge is -2.04. The third-order valence-electron chi connectivity index (χ3n) is 2.18. The Kier molecular flexibility index (Phi) is 3.26. The fraction of sp³-hybridized carbons (Fsp3) is 0.273. The minimum absolute atomic E-state index is 0.561. The number of aryl methyl sites for hydroxylation is 2. The first-order chi connectivity index (χ1) is 7.69. The third kappa shape index (κ3) is 2.43. The molecule has 0 amide bonds. The van der Waals surface area contributed by atoms with Gasteiger partial charge in [0.1, 0.15) is 0 Å². The zero-order valence-electron chi connectivity index (χ0n) is 9.23. The van der Waals surface area contributed by atoms with Crippen LogP contribution in [0.2, 0.25) is 0 Å². The molecule has 0 saturated carbocycles. The second-order valence-electron chi connectivity index (χ2n) is 3.49. The maximum atomic E-state index is 5.58. The molecule has 0 aliphatic heterocycles. The van der Waals surface area contributed by atoms with E-state index in [2.05, 4.69) is 16.3 Å². The molecule has 2 rings (SSSR count). The maximum Gasteiger partial charge on any atom is 0.281 e. The van der Waals surface area contributed by atoms with Gasteiger partial charge in [0.15, 0.2) is 0 Å². The van der Waals surface area contributed by atoms with Gasteiger partial charge in [-0.05, 0) is 35.9 Å². The third-order valence-corrected chi connectivity index (χ3v) is 3.20. The van der Waals surface area contributed by atoms with Crippen molar-refractivity contribution >= 4 is 11.8 Å². The van der Waals surface area contributed by atoms with Crippen molar-refractivity contribution in [2.75, 3.05) is 0 Å². The van der Waals surface area contributed by atoms with Gasteiger partial charge in [-0.3, -0.25) is 0 Å². The van der Waals surface area contributed by atoms with Crippen LogP contribution in [0.3, 0.4) is 0 Å². The predicted molar refractivity (Wildman–Crippen MR) is 62.2 cm³/mol. The Labute approximate surface area is 98.2 Å². The molecule has 2 N–H and O–H groups in total. The molecular weight excluding hydrogens is 222 g/mol. The number of aromatic nitrogens is 2.